The molecule has 1 saturated heterocycles. The third-order valence-electron chi connectivity index (χ3n) is 11.1. The van der Waals surface area contributed by atoms with Crippen molar-refractivity contribution in [2.75, 3.05) is 14.2 Å². The largest absolute Gasteiger partial charge is 1.00 e. The SMILES string of the molecule is COc1ccc(-c2cccc3c2C=C(C(C)(C)C)[CH]3[Hf+2]2([CH]3C(C(C)(C)C)=Cc4c(-c5ccc(OC)cc5)cccc43)[CH2]C[CH2]2)cc1.[Cl-].[Cl-]. The standard InChI is InChI=1S/2C20H21O.C3H6.2ClH.Hf/c2*1-20(2,3)16-12-15-6-5-7-18(19(15)13-16)14-8-10-17(21-4)11-9-14;1-3-2;;;/h2*5-13H,1-4H3;1-3H2;2*1H;/q;;;;;+2/p-2. The van der Waals surface area contributed by atoms with Crippen LogP contribution in [0.5, 0.6) is 11.5 Å². The summed E-state index contributed by atoms with van der Waals surface area (Å²) < 4.78 is 15.1. The fraction of sp³-hybridized carbons (Fsp3) is 0.349. The van der Waals surface area contributed by atoms with Gasteiger partial charge in [0.25, 0.3) is 0 Å². The fourth-order valence-corrected chi connectivity index (χ4v) is 32.7. The molecule has 2 unspecified atom stereocenters. The monoisotopic (exact) mass is 846 g/mol. The molecule has 4 aromatic carbocycles. The van der Waals surface area contributed by atoms with E-state index in [2.05, 4.69) is 139 Å². The molecule has 2 aliphatic carbocycles. The molecule has 0 N–H and O–H groups in total. The average Bonchev–Trinajstić information content (AvgIpc) is 3.62. The molecule has 2 nitrogen and oxygen atoms in total. The van der Waals surface area contributed by atoms with Crippen molar-refractivity contribution >= 4 is 12.2 Å². The summed E-state index contributed by atoms with van der Waals surface area (Å²) >= 11 is -3.24. The molecular weight excluding hydrogens is 798 g/mol. The van der Waals surface area contributed by atoms with Crippen LogP contribution in [0.2, 0.25) is 8.35 Å². The molecule has 3 aliphatic rings. The second kappa shape index (κ2) is 13.6. The first-order chi connectivity index (χ1) is 22.0. The van der Waals surface area contributed by atoms with Crippen LogP contribution in [0, 0.1) is 10.8 Å². The van der Waals surface area contributed by atoms with Gasteiger partial charge in [-0.15, -0.1) is 0 Å². The van der Waals surface area contributed by atoms with E-state index in [9.17, 15) is 0 Å². The molecule has 1 aliphatic heterocycles. The smallest absolute Gasteiger partial charge is 1.00 e. The van der Waals surface area contributed by atoms with E-state index in [1.165, 1.54) is 48.2 Å². The Balaban J connectivity index is 0.00000225. The topological polar surface area (TPSA) is 18.5 Å². The summed E-state index contributed by atoms with van der Waals surface area (Å²) in [7, 11) is 3.48. The van der Waals surface area contributed by atoms with E-state index in [0.29, 0.717) is 7.35 Å². The molecule has 4 aromatic rings. The Morgan fingerprint density at radius 2 is 0.917 bits per heavy atom. The maximum absolute atomic E-state index is 5.50. The Labute approximate surface area is 305 Å². The normalized spacial score (nSPS) is 18.4. The summed E-state index contributed by atoms with van der Waals surface area (Å²) in [5, 5.41) is 0. The van der Waals surface area contributed by atoms with Gasteiger partial charge in [-0.1, -0.05) is 0 Å². The van der Waals surface area contributed by atoms with Gasteiger partial charge in [-0.05, 0) is 0 Å². The van der Waals surface area contributed by atoms with Crippen LogP contribution < -0.4 is 34.3 Å². The molecular formula is C43H48Cl2HfO2. The zero-order valence-corrected chi connectivity index (χ0v) is 34.7. The number of hydrogen-bond acceptors (Lipinski definition) is 2. The third-order valence-corrected chi connectivity index (χ3v) is 33.1. The van der Waals surface area contributed by atoms with Gasteiger partial charge in [0.05, 0.1) is 0 Å². The first-order valence-electron chi connectivity index (χ1n) is 16.9. The summed E-state index contributed by atoms with van der Waals surface area (Å²) in [6.45, 7) is 14.7. The maximum Gasteiger partial charge on any atom is -1.00 e. The van der Waals surface area contributed by atoms with Gasteiger partial charge in [0.15, 0.2) is 0 Å². The Morgan fingerprint density at radius 3 is 1.21 bits per heavy atom. The van der Waals surface area contributed by atoms with Gasteiger partial charge < -0.3 is 24.8 Å². The number of benzene rings is 4. The van der Waals surface area contributed by atoms with Crippen LogP contribution in [0.4, 0.5) is 0 Å². The molecule has 0 saturated carbocycles. The molecule has 0 amide bonds. The van der Waals surface area contributed by atoms with Gasteiger partial charge in [-0.2, -0.15) is 0 Å². The van der Waals surface area contributed by atoms with Crippen LogP contribution in [0.15, 0.2) is 96.1 Å². The molecule has 1 heterocycles. The number of hydrogen-bond donors (Lipinski definition) is 0. The number of fused-ring (bicyclic) bond motifs is 2. The van der Waals surface area contributed by atoms with Crippen LogP contribution >= 0.6 is 0 Å². The van der Waals surface area contributed by atoms with Crippen LogP contribution in [-0.4, -0.2) is 14.2 Å². The van der Waals surface area contributed by atoms with Crippen LogP contribution in [0.1, 0.15) is 77.6 Å². The van der Waals surface area contributed by atoms with E-state index in [0.717, 1.165) is 11.5 Å². The zero-order chi connectivity index (χ0) is 32.4. The second-order valence-corrected chi connectivity index (χ2v) is 32.3. The van der Waals surface area contributed by atoms with E-state index in [4.69, 9.17) is 9.47 Å². The summed E-state index contributed by atoms with van der Waals surface area (Å²) in [6.07, 6.45) is 6.64. The molecule has 0 radical (unpaired) electrons. The quantitative estimate of drug-likeness (QED) is 0.219. The molecule has 5 heteroatoms. The number of methoxy groups -OCH3 is 2. The van der Waals surface area contributed by atoms with Crippen molar-refractivity contribution in [2.24, 2.45) is 10.8 Å². The number of rotatable bonds is 6. The van der Waals surface area contributed by atoms with Gasteiger partial charge in [-0.3, -0.25) is 0 Å². The van der Waals surface area contributed by atoms with E-state index < -0.39 is 20.0 Å². The minimum Gasteiger partial charge on any atom is -1.00 e. The van der Waals surface area contributed by atoms with Gasteiger partial charge in [0, 0.05) is 0 Å². The molecule has 1 fully saturated rings. The first-order valence-corrected chi connectivity index (χ1v) is 26.2. The van der Waals surface area contributed by atoms with E-state index in [-0.39, 0.29) is 35.6 Å². The number of ether oxygens (including phenoxy) is 2. The number of halogens is 2. The molecule has 7 rings (SSSR count). The van der Waals surface area contributed by atoms with Crippen molar-refractivity contribution in [1.29, 1.82) is 0 Å². The Kier molecular flexibility index (Phi) is 10.4. The first kappa shape index (κ1) is 36.7. The summed E-state index contributed by atoms with van der Waals surface area (Å²) in [5.74, 6) is 1.81. The van der Waals surface area contributed by atoms with Crippen molar-refractivity contribution in [3.63, 3.8) is 0 Å². The summed E-state index contributed by atoms with van der Waals surface area (Å²) in [4.78, 5) is 0. The van der Waals surface area contributed by atoms with Gasteiger partial charge in [0.2, 0.25) is 0 Å². The van der Waals surface area contributed by atoms with Crippen LogP contribution in [0.3, 0.4) is 0 Å². The minimum atomic E-state index is -3.24. The summed E-state index contributed by atoms with van der Waals surface area (Å²) in [5.41, 5.74) is 14.9. The van der Waals surface area contributed by atoms with Crippen LogP contribution in [0.25, 0.3) is 34.4 Å². The van der Waals surface area contributed by atoms with Crippen molar-refractivity contribution < 1.29 is 54.3 Å². The Bertz CT molecular complexity index is 1720. The molecule has 250 valence electrons. The average molecular weight is 846 g/mol. The van der Waals surface area contributed by atoms with Gasteiger partial charge >= 0.3 is 282 Å². The molecule has 0 bridgehead atoms. The molecule has 0 spiro atoms. The molecule has 2 atom stereocenters. The van der Waals surface area contributed by atoms with Crippen molar-refractivity contribution in [3.05, 3.63) is 118 Å². The fourth-order valence-electron chi connectivity index (χ4n) is 8.72. The second-order valence-electron chi connectivity index (χ2n) is 15.7. The van der Waals surface area contributed by atoms with E-state index in [1.807, 2.05) is 0 Å². The maximum atomic E-state index is 5.50. The Hall–Kier alpha value is -2.59. The van der Waals surface area contributed by atoms with Gasteiger partial charge in [-0.25, -0.2) is 0 Å². The van der Waals surface area contributed by atoms with Crippen molar-refractivity contribution in [3.8, 4) is 33.8 Å². The zero-order valence-electron chi connectivity index (χ0n) is 29.6. The molecule has 48 heavy (non-hydrogen) atoms. The number of allylic oxidation sites excluding steroid dienone is 2. The molecule has 0 aromatic heterocycles. The van der Waals surface area contributed by atoms with Crippen molar-refractivity contribution in [1.82, 2.24) is 0 Å². The third kappa shape index (κ3) is 6.07. The minimum absolute atomic E-state index is 0. The summed E-state index contributed by atoms with van der Waals surface area (Å²) in [6, 6.07) is 31.6. The van der Waals surface area contributed by atoms with Gasteiger partial charge in [0.1, 0.15) is 0 Å². The van der Waals surface area contributed by atoms with E-state index >= 15 is 0 Å². The predicted octanol–water partition coefficient (Wildman–Crippen LogP) is 6.11. The van der Waals surface area contributed by atoms with Crippen LogP contribution in [-0.2, 0) is 20.0 Å². The predicted molar refractivity (Wildman–Crippen MR) is 191 cm³/mol. The van der Waals surface area contributed by atoms with Crippen molar-refractivity contribution in [2.45, 2.75) is 63.7 Å². The Morgan fingerprint density at radius 1 is 0.542 bits per heavy atom. The van der Waals surface area contributed by atoms with E-state index in [1.54, 1.807) is 36.5 Å².